The molecule has 0 amide bonds. The molecule has 2 unspecified atom stereocenters. The lowest BCUT2D eigenvalue weighted by Crippen LogP contribution is -2.46. The van der Waals surface area contributed by atoms with Crippen LogP contribution in [0.3, 0.4) is 0 Å². The van der Waals surface area contributed by atoms with Crippen LogP contribution in [0.5, 0.6) is 5.75 Å². The minimum absolute atomic E-state index is 0.112. The van der Waals surface area contributed by atoms with Gasteiger partial charge in [0.1, 0.15) is 5.75 Å². The molecule has 0 spiro atoms. The van der Waals surface area contributed by atoms with Gasteiger partial charge in [-0.15, -0.1) is 0 Å². The van der Waals surface area contributed by atoms with Crippen LogP contribution in [0, 0.1) is 16.7 Å². The molecule has 0 N–H and O–H groups in total. The summed E-state index contributed by atoms with van der Waals surface area (Å²) in [5, 5.41) is 2.27. The highest BCUT2D eigenvalue weighted by Gasteiger charge is 2.42. The van der Waals surface area contributed by atoms with Gasteiger partial charge in [-0.25, -0.2) is 0 Å². The summed E-state index contributed by atoms with van der Waals surface area (Å²) in [4.78, 5) is 0. The number of hydrogen-bond acceptors (Lipinski definition) is 4. The van der Waals surface area contributed by atoms with Crippen molar-refractivity contribution in [2.45, 2.75) is 47.6 Å². The van der Waals surface area contributed by atoms with E-state index in [1.165, 1.54) is 0 Å². The van der Waals surface area contributed by atoms with Crippen LogP contribution in [-0.4, -0.2) is 27.4 Å². The van der Waals surface area contributed by atoms with E-state index in [-0.39, 0.29) is 16.7 Å². The molecule has 0 radical (unpaired) electrons. The highest BCUT2D eigenvalue weighted by atomic mass is 32.2. The standard InChI is InChI=1S/C22H32O4S/c1-21(2,3)19(20(22(4,5)6)26-27(7,23)24)15-25-18-13-12-16-10-8-9-11-17(16)14-18/h8-14,19-20H,15H2,1-7H3. The largest absolute Gasteiger partial charge is 0.493 e. The molecule has 27 heavy (non-hydrogen) atoms. The Kier molecular flexibility index (Phi) is 6.27. The van der Waals surface area contributed by atoms with Crippen molar-refractivity contribution in [3.05, 3.63) is 42.5 Å². The molecule has 0 aliphatic heterocycles. The third kappa shape index (κ3) is 6.22. The fraction of sp³-hybridized carbons (Fsp3) is 0.545. The summed E-state index contributed by atoms with van der Waals surface area (Å²) in [7, 11) is -3.58. The molecule has 0 aliphatic carbocycles. The van der Waals surface area contributed by atoms with Gasteiger partial charge in [-0.3, -0.25) is 4.18 Å². The van der Waals surface area contributed by atoms with Gasteiger partial charge >= 0.3 is 0 Å². The lowest BCUT2D eigenvalue weighted by Gasteiger charge is -2.42. The van der Waals surface area contributed by atoms with E-state index in [0.717, 1.165) is 22.8 Å². The van der Waals surface area contributed by atoms with Gasteiger partial charge in [0.25, 0.3) is 10.1 Å². The number of rotatable bonds is 6. The first-order valence-corrected chi connectivity index (χ1v) is 11.1. The van der Waals surface area contributed by atoms with Gasteiger partial charge in [-0.1, -0.05) is 71.9 Å². The second kappa shape index (κ2) is 7.80. The zero-order valence-corrected chi connectivity index (χ0v) is 18.3. The molecular formula is C22H32O4S. The quantitative estimate of drug-likeness (QED) is 0.628. The molecule has 2 aromatic carbocycles. The average Bonchev–Trinajstić information content (AvgIpc) is 2.50. The van der Waals surface area contributed by atoms with E-state index in [4.69, 9.17) is 8.92 Å². The predicted molar refractivity (Wildman–Crippen MR) is 112 cm³/mol. The molecule has 0 bridgehead atoms. The van der Waals surface area contributed by atoms with E-state index >= 15 is 0 Å². The van der Waals surface area contributed by atoms with Crippen molar-refractivity contribution in [3.63, 3.8) is 0 Å². The van der Waals surface area contributed by atoms with Gasteiger partial charge in [0, 0.05) is 5.92 Å². The maximum Gasteiger partial charge on any atom is 0.264 e. The van der Waals surface area contributed by atoms with Crippen LogP contribution in [-0.2, 0) is 14.3 Å². The van der Waals surface area contributed by atoms with Gasteiger partial charge < -0.3 is 4.74 Å². The van der Waals surface area contributed by atoms with Crippen LogP contribution in [0.15, 0.2) is 42.5 Å². The molecule has 0 aromatic heterocycles. The number of benzene rings is 2. The maximum atomic E-state index is 11.9. The van der Waals surface area contributed by atoms with E-state index in [2.05, 4.69) is 26.8 Å². The molecule has 150 valence electrons. The Hall–Kier alpha value is -1.59. The van der Waals surface area contributed by atoms with E-state index in [1.807, 2.05) is 57.2 Å². The van der Waals surface area contributed by atoms with Crippen LogP contribution in [0.1, 0.15) is 41.5 Å². The molecule has 4 nitrogen and oxygen atoms in total. The van der Waals surface area contributed by atoms with Crippen molar-refractivity contribution in [2.24, 2.45) is 16.7 Å². The summed E-state index contributed by atoms with van der Waals surface area (Å²) >= 11 is 0. The molecule has 2 rings (SSSR count). The van der Waals surface area contributed by atoms with Crippen molar-refractivity contribution in [1.29, 1.82) is 0 Å². The fourth-order valence-corrected chi connectivity index (χ4v) is 4.04. The molecular weight excluding hydrogens is 360 g/mol. The van der Waals surface area contributed by atoms with E-state index in [1.54, 1.807) is 0 Å². The Balaban J connectivity index is 2.29. The molecule has 2 aromatic rings. The minimum Gasteiger partial charge on any atom is -0.493 e. The lowest BCUT2D eigenvalue weighted by atomic mass is 9.70. The third-order valence-corrected chi connectivity index (χ3v) is 5.32. The van der Waals surface area contributed by atoms with Crippen molar-refractivity contribution in [2.75, 3.05) is 12.9 Å². The van der Waals surface area contributed by atoms with Gasteiger partial charge in [0.2, 0.25) is 0 Å². The van der Waals surface area contributed by atoms with Crippen LogP contribution < -0.4 is 4.74 Å². The van der Waals surface area contributed by atoms with Crippen LogP contribution in [0.2, 0.25) is 0 Å². The second-order valence-corrected chi connectivity index (χ2v) is 11.0. The summed E-state index contributed by atoms with van der Waals surface area (Å²) in [6.45, 7) is 12.6. The summed E-state index contributed by atoms with van der Waals surface area (Å²) in [5.41, 5.74) is -0.548. The number of fused-ring (bicyclic) bond motifs is 1. The Morgan fingerprint density at radius 2 is 1.48 bits per heavy atom. The second-order valence-electron chi connectivity index (χ2n) is 9.38. The Morgan fingerprint density at radius 1 is 0.889 bits per heavy atom. The molecule has 0 heterocycles. The van der Waals surface area contributed by atoms with E-state index < -0.39 is 16.2 Å². The Morgan fingerprint density at radius 3 is 2.00 bits per heavy atom. The molecule has 2 atom stereocenters. The first-order valence-electron chi connectivity index (χ1n) is 9.27. The van der Waals surface area contributed by atoms with Crippen molar-refractivity contribution < 1.29 is 17.3 Å². The number of ether oxygens (including phenoxy) is 1. The smallest absolute Gasteiger partial charge is 0.264 e. The van der Waals surface area contributed by atoms with E-state index in [0.29, 0.717) is 6.61 Å². The first kappa shape index (κ1) is 21.7. The SMILES string of the molecule is CC(C)(C)C(COc1ccc2ccccc2c1)C(OS(C)(=O)=O)C(C)(C)C. The first-order chi connectivity index (χ1) is 12.3. The zero-order chi connectivity index (χ0) is 20.5. The van der Waals surface area contributed by atoms with Gasteiger partial charge in [0.15, 0.2) is 0 Å². The maximum absolute atomic E-state index is 11.9. The van der Waals surface area contributed by atoms with Crippen molar-refractivity contribution in [3.8, 4) is 5.75 Å². The lowest BCUT2D eigenvalue weighted by molar-refractivity contribution is -0.0281. The van der Waals surface area contributed by atoms with Crippen molar-refractivity contribution in [1.82, 2.24) is 0 Å². The van der Waals surface area contributed by atoms with Crippen LogP contribution in [0.4, 0.5) is 0 Å². The summed E-state index contributed by atoms with van der Waals surface area (Å²) < 4.78 is 35.4. The molecule has 0 saturated carbocycles. The average molecular weight is 393 g/mol. The topological polar surface area (TPSA) is 52.6 Å². The third-order valence-electron chi connectivity index (χ3n) is 4.76. The normalized spacial score (nSPS) is 15.5. The highest BCUT2D eigenvalue weighted by molar-refractivity contribution is 7.86. The van der Waals surface area contributed by atoms with Crippen LogP contribution >= 0.6 is 0 Å². The van der Waals surface area contributed by atoms with Gasteiger partial charge in [-0.2, -0.15) is 8.42 Å². The molecule has 0 fully saturated rings. The van der Waals surface area contributed by atoms with Gasteiger partial charge in [-0.05, 0) is 33.7 Å². The number of hydrogen-bond donors (Lipinski definition) is 0. The molecule has 0 saturated heterocycles. The van der Waals surface area contributed by atoms with Crippen LogP contribution in [0.25, 0.3) is 10.8 Å². The molecule has 5 heteroatoms. The monoisotopic (exact) mass is 392 g/mol. The molecule has 0 aliphatic rings. The fourth-order valence-electron chi connectivity index (χ4n) is 3.24. The predicted octanol–water partition coefficient (Wildman–Crippen LogP) is 5.27. The minimum atomic E-state index is -3.58. The van der Waals surface area contributed by atoms with E-state index in [9.17, 15) is 8.42 Å². The van der Waals surface area contributed by atoms with Gasteiger partial charge in [0.05, 0.1) is 19.0 Å². The summed E-state index contributed by atoms with van der Waals surface area (Å²) in [5.74, 6) is 0.661. The Bertz CT molecular complexity index is 873. The Labute approximate surface area is 164 Å². The van der Waals surface area contributed by atoms with Crippen molar-refractivity contribution >= 4 is 20.9 Å². The summed E-state index contributed by atoms with van der Waals surface area (Å²) in [6, 6.07) is 14.1. The summed E-state index contributed by atoms with van der Waals surface area (Å²) in [6.07, 6.45) is 0.614. The highest BCUT2D eigenvalue weighted by Crippen LogP contribution is 2.39. The zero-order valence-electron chi connectivity index (χ0n) is 17.4.